The van der Waals surface area contributed by atoms with Crippen LogP contribution in [0, 0.1) is 5.82 Å². The SMILES string of the molecule is CN(CCCNC(=O)COC(=O)c1ccc(F)cc1)c1ccccc1. The first kappa shape index (κ1) is 18.4. The summed E-state index contributed by atoms with van der Waals surface area (Å²) in [6.07, 6.45) is 0.767. The monoisotopic (exact) mass is 344 g/mol. The van der Waals surface area contributed by atoms with Crippen LogP contribution in [0.1, 0.15) is 16.8 Å². The number of nitrogens with one attached hydrogen (secondary N) is 1. The number of amides is 1. The molecule has 0 aromatic heterocycles. The largest absolute Gasteiger partial charge is 0.452 e. The van der Waals surface area contributed by atoms with E-state index in [1.54, 1.807) is 0 Å². The highest BCUT2D eigenvalue weighted by Crippen LogP contribution is 2.10. The summed E-state index contributed by atoms with van der Waals surface area (Å²) in [4.78, 5) is 25.5. The van der Waals surface area contributed by atoms with Crippen molar-refractivity contribution in [1.82, 2.24) is 5.32 Å². The first-order chi connectivity index (χ1) is 12.1. The van der Waals surface area contributed by atoms with E-state index in [1.165, 1.54) is 24.3 Å². The van der Waals surface area contributed by atoms with Gasteiger partial charge in [0.1, 0.15) is 5.82 Å². The van der Waals surface area contributed by atoms with Gasteiger partial charge in [-0.05, 0) is 42.8 Å². The lowest BCUT2D eigenvalue weighted by molar-refractivity contribution is -0.124. The maximum atomic E-state index is 12.8. The molecule has 0 aliphatic rings. The second kappa shape index (κ2) is 9.42. The van der Waals surface area contributed by atoms with Gasteiger partial charge in [-0.15, -0.1) is 0 Å². The van der Waals surface area contributed by atoms with Crippen LogP contribution < -0.4 is 10.2 Å². The Bertz CT molecular complexity index is 690. The van der Waals surface area contributed by atoms with E-state index in [-0.39, 0.29) is 18.1 Å². The predicted molar refractivity (Wildman–Crippen MR) is 94.0 cm³/mol. The van der Waals surface area contributed by atoms with Crippen LogP contribution in [-0.2, 0) is 9.53 Å². The van der Waals surface area contributed by atoms with Crippen molar-refractivity contribution in [2.45, 2.75) is 6.42 Å². The third-order valence-electron chi connectivity index (χ3n) is 3.60. The van der Waals surface area contributed by atoms with Crippen LogP contribution in [-0.4, -0.2) is 38.6 Å². The number of hydrogen-bond donors (Lipinski definition) is 1. The molecule has 6 heteroatoms. The number of anilines is 1. The molecule has 0 radical (unpaired) electrons. The van der Waals surface area contributed by atoms with Gasteiger partial charge in [-0.1, -0.05) is 18.2 Å². The molecule has 0 bridgehead atoms. The zero-order valence-corrected chi connectivity index (χ0v) is 14.1. The molecule has 0 atom stereocenters. The number of para-hydroxylation sites is 1. The van der Waals surface area contributed by atoms with Crippen LogP contribution in [0.2, 0.25) is 0 Å². The normalized spacial score (nSPS) is 10.2. The number of ether oxygens (including phenoxy) is 1. The van der Waals surface area contributed by atoms with Crippen LogP contribution in [0.3, 0.4) is 0 Å². The van der Waals surface area contributed by atoms with E-state index in [9.17, 15) is 14.0 Å². The summed E-state index contributed by atoms with van der Waals surface area (Å²) in [6, 6.07) is 14.9. The van der Waals surface area contributed by atoms with Crippen molar-refractivity contribution in [1.29, 1.82) is 0 Å². The summed E-state index contributed by atoms with van der Waals surface area (Å²) in [6.45, 7) is 0.925. The number of nitrogens with zero attached hydrogens (tertiary/aromatic N) is 1. The molecule has 0 saturated carbocycles. The quantitative estimate of drug-likeness (QED) is 0.591. The Kier molecular flexibility index (Phi) is 6.95. The zero-order valence-electron chi connectivity index (χ0n) is 14.1. The van der Waals surface area contributed by atoms with Gasteiger partial charge in [0.05, 0.1) is 5.56 Å². The third-order valence-corrected chi connectivity index (χ3v) is 3.60. The summed E-state index contributed by atoms with van der Waals surface area (Å²) < 4.78 is 17.7. The molecule has 0 spiro atoms. The average molecular weight is 344 g/mol. The van der Waals surface area contributed by atoms with Gasteiger partial charge < -0.3 is 15.0 Å². The van der Waals surface area contributed by atoms with Crippen molar-refractivity contribution >= 4 is 17.6 Å². The van der Waals surface area contributed by atoms with Crippen molar-refractivity contribution in [3.63, 3.8) is 0 Å². The maximum absolute atomic E-state index is 12.8. The number of hydrogen-bond acceptors (Lipinski definition) is 4. The molecule has 0 fully saturated rings. The van der Waals surface area contributed by atoms with Crippen LogP contribution in [0.4, 0.5) is 10.1 Å². The standard InChI is InChI=1S/C19H21FN2O3/c1-22(17-6-3-2-4-7-17)13-5-12-21-18(23)14-25-19(24)15-8-10-16(20)11-9-15/h2-4,6-11H,5,12-14H2,1H3,(H,21,23). The van der Waals surface area contributed by atoms with Gasteiger partial charge in [-0.2, -0.15) is 0 Å². The lowest BCUT2D eigenvalue weighted by Gasteiger charge is -2.19. The molecule has 2 aromatic rings. The lowest BCUT2D eigenvalue weighted by Crippen LogP contribution is -2.31. The molecule has 0 heterocycles. The Morgan fingerprint density at radius 3 is 2.44 bits per heavy atom. The molecule has 0 saturated heterocycles. The summed E-state index contributed by atoms with van der Waals surface area (Å²) in [5.41, 5.74) is 1.32. The van der Waals surface area contributed by atoms with Gasteiger partial charge in [0.25, 0.3) is 5.91 Å². The molecule has 0 aliphatic heterocycles. The summed E-state index contributed by atoms with van der Waals surface area (Å²) >= 11 is 0. The lowest BCUT2D eigenvalue weighted by atomic mass is 10.2. The molecular formula is C19H21FN2O3. The Balaban J connectivity index is 1.62. The Morgan fingerprint density at radius 1 is 1.08 bits per heavy atom. The number of benzene rings is 2. The molecule has 1 N–H and O–H groups in total. The second-order valence-electron chi connectivity index (χ2n) is 5.54. The van der Waals surface area contributed by atoms with E-state index in [2.05, 4.69) is 10.2 Å². The molecule has 1 amide bonds. The molecule has 0 unspecified atom stereocenters. The molecule has 132 valence electrons. The Labute approximate surface area is 146 Å². The highest BCUT2D eigenvalue weighted by atomic mass is 19.1. The highest BCUT2D eigenvalue weighted by Gasteiger charge is 2.10. The van der Waals surface area contributed by atoms with Crippen LogP contribution in [0.5, 0.6) is 0 Å². The van der Waals surface area contributed by atoms with Gasteiger partial charge in [-0.3, -0.25) is 4.79 Å². The number of carbonyl (C=O) groups excluding carboxylic acids is 2. The van der Waals surface area contributed by atoms with Gasteiger partial charge in [0.2, 0.25) is 0 Å². The van der Waals surface area contributed by atoms with E-state index in [0.717, 1.165) is 18.7 Å². The van der Waals surface area contributed by atoms with Crippen LogP contribution in [0.15, 0.2) is 54.6 Å². The van der Waals surface area contributed by atoms with Crippen molar-refractivity contribution in [3.8, 4) is 0 Å². The molecule has 25 heavy (non-hydrogen) atoms. The van der Waals surface area contributed by atoms with E-state index in [0.29, 0.717) is 6.54 Å². The minimum Gasteiger partial charge on any atom is -0.452 e. The van der Waals surface area contributed by atoms with Gasteiger partial charge in [0, 0.05) is 25.8 Å². The van der Waals surface area contributed by atoms with Crippen molar-refractivity contribution in [3.05, 3.63) is 66.0 Å². The zero-order chi connectivity index (χ0) is 18.1. The number of rotatable bonds is 8. The third kappa shape index (κ3) is 6.25. The molecule has 2 aromatic carbocycles. The number of esters is 1. The fourth-order valence-electron chi connectivity index (χ4n) is 2.21. The number of carbonyl (C=O) groups is 2. The number of halogens is 1. The minimum absolute atomic E-state index is 0.207. The van der Waals surface area contributed by atoms with E-state index >= 15 is 0 Å². The smallest absolute Gasteiger partial charge is 0.338 e. The predicted octanol–water partition coefficient (Wildman–Crippen LogP) is 2.63. The Morgan fingerprint density at radius 2 is 1.76 bits per heavy atom. The fourth-order valence-corrected chi connectivity index (χ4v) is 2.21. The summed E-state index contributed by atoms with van der Waals surface area (Å²) in [5.74, 6) is -1.45. The Hall–Kier alpha value is -2.89. The van der Waals surface area contributed by atoms with Gasteiger partial charge in [-0.25, -0.2) is 9.18 Å². The van der Waals surface area contributed by atoms with Crippen molar-refractivity contribution in [2.24, 2.45) is 0 Å². The van der Waals surface area contributed by atoms with E-state index in [1.807, 2.05) is 37.4 Å². The first-order valence-electron chi connectivity index (χ1n) is 8.02. The summed E-state index contributed by atoms with van der Waals surface area (Å²) in [5, 5.41) is 2.70. The topological polar surface area (TPSA) is 58.6 Å². The first-order valence-corrected chi connectivity index (χ1v) is 8.02. The molecule has 2 rings (SSSR count). The van der Waals surface area contributed by atoms with E-state index < -0.39 is 11.8 Å². The van der Waals surface area contributed by atoms with Crippen LogP contribution in [0.25, 0.3) is 0 Å². The fraction of sp³-hybridized carbons (Fsp3) is 0.263. The summed E-state index contributed by atoms with van der Waals surface area (Å²) in [7, 11) is 1.99. The van der Waals surface area contributed by atoms with Crippen molar-refractivity contribution in [2.75, 3.05) is 31.6 Å². The van der Waals surface area contributed by atoms with Crippen molar-refractivity contribution < 1.29 is 18.7 Å². The van der Waals surface area contributed by atoms with Crippen LogP contribution >= 0.6 is 0 Å². The minimum atomic E-state index is -0.654. The maximum Gasteiger partial charge on any atom is 0.338 e. The molecular weight excluding hydrogens is 323 g/mol. The highest BCUT2D eigenvalue weighted by molar-refractivity contribution is 5.91. The molecule has 0 aliphatic carbocycles. The second-order valence-corrected chi connectivity index (χ2v) is 5.54. The molecule has 5 nitrogen and oxygen atoms in total. The van der Waals surface area contributed by atoms with Gasteiger partial charge in [0.15, 0.2) is 6.61 Å². The van der Waals surface area contributed by atoms with Gasteiger partial charge >= 0.3 is 5.97 Å². The van der Waals surface area contributed by atoms with E-state index in [4.69, 9.17) is 4.74 Å². The average Bonchev–Trinajstić information content (AvgIpc) is 2.64.